The first-order valence-electron chi connectivity index (χ1n) is 5.58. The minimum absolute atomic E-state index is 0.253. The standard InChI is InChI=1S/C13H15ClO2/c14-13-4-2-1-3-11(13)8-12(15)7-10-5-6-16-9-10/h1-4,10H,5-9H2. The lowest BCUT2D eigenvalue weighted by molar-refractivity contribution is -0.119. The van der Waals surface area contributed by atoms with Gasteiger partial charge in [-0.15, -0.1) is 0 Å². The summed E-state index contributed by atoms with van der Waals surface area (Å²) in [4.78, 5) is 11.8. The molecule has 16 heavy (non-hydrogen) atoms. The molecule has 86 valence electrons. The number of ether oxygens (including phenoxy) is 1. The Labute approximate surface area is 101 Å². The maximum Gasteiger partial charge on any atom is 0.137 e. The fourth-order valence-corrected chi connectivity index (χ4v) is 2.20. The first-order valence-corrected chi connectivity index (χ1v) is 5.96. The zero-order valence-corrected chi connectivity index (χ0v) is 9.87. The summed E-state index contributed by atoms with van der Waals surface area (Å²) < 4.78 is 5.25. The van der Waals surface area contributed by atoms with Crippen molar-refractivity contribution in [3.63, 3.8) is 0 Å². The lowest BCUT2D eigenvalue weighted by Gasteiger charge is -2.07. The van der Waals surface area contributed by atoms with Crippen molar-refractivity contribution in [1.82, 2.24) is 0 Å². The van der Waals surface area contributed by atoms with Crippen LogP contribution in [0.3, 0.4) is 0 Å². The molecular weight excluding hydrogens is 224 g/mol. The summed E-state index contributed by atoms with van der Waals surface area (Å²) >= 11 is 6.01. The van der Waals surface area contributed by atoms with Gasteiger partial charge < -0.3 is 4.74 Å². The van der Waals surface area contributed by atoms with Crippen LogP contribution in [0, 0.1) is 5.92 Å². The lowest BCUT2D eigenvalue weighted by atomic mass is 9.98. The van der Waals surface area contributed by atoms with Gasteiger partial charge in [-0.2, -0.15) is 0 Å². The fraction of sp³-hybridized carbons (Fsp3) is 0.462. The molecule has 1 heterocycles. The van der Waals surface area contributed by atoms with Crippen LogP contribution in [0.15, 0.2) is 24.3 Å². The molecule has 3 heteroatoms. The Balaban J connectivity index is 1.89. The summed E-state index contributed by atoms with van der Waals surface area (Å²) in [6.07, 6.45) is 2.07. The maximum absolute atomic E-state index is 11.8. The minimum atomic E-state index is 0.253. The summed E-state index contributed by atoms with van der Waals surface area (Å²) in [7, 11) is 0. The summed E-state index contributed by atoms with van der Waals surface area (Å²) in [5.41, 5.74) is 0.924. The first kappa shape index (κ1) is 11.6. The van der Waals surface area contributed by atoms with Crippen LogP contribution in [0.2, 0.25) is 5.02 Å². The highest BCUT2D eigenvalue weighted by Crippen LogP contribution is 2.20. The van der Waals surface area contributed by atoms with Crippen LogP contribution in [0.25, 0.3) is 0 Å². The zero-order valence-electron chi connectivity index (χ0n) is 9.12. The Bertz CT molecular complexity index is 370. The van der Waals surface area contributed by atoms with Crippen LogP contribution < -0.4 is 0 Å². The smallest absolute Gasteiger partial charge is 0.137 e. The topological polar surface area (TPSA) is 26.3 Å². The third-order valence-corrected chi connectivity index (χ3v) is 3.25. The van der Waals surface area contributed by atoms with Gasteiger partial charge in [-0.1, -0.05) is 29.8 Å². The van der Waals surface area contributed by atoms with Crippen molar-refractivity contribution in [1.29, 1.82) is 0 Å². The molecule has 0 aromatic heterocycles. The van der Waals surface area contributed by atoms with Gasteiger partial charge in [0, 0.05) is 31.1 Å². The van der Waals surface area contributed by atoms with E-state index >= 15 is 0 Å². The van der Waals surface area contributed by atoms with Crippen molar-refractivity contribution in [2.24, 2.45) is 5.92 Å². The van der Waals surface area contributed by atoms with Gasteiger partial charge in [-0.3, -0.25) is 4.79 Å². The number of halogens is 1. The molecule has 0 aliphatic carbocycles. The number of carbonyl (C=O) groups excluding carboxylic acids is 1. The second-order valence-electron chi connectivity index (χ2n) is 4.24. The predicted octanol–water partition coefficient (Wildman–Crippen LogP) is 2.88. The second kappa shape index (κ2) is 5.46. The van der Waals surface area contributed by atoms with E-state index in [-0.39, 0.29) is 5.78 Å². The highest BCUT2D eigenvalue weighted by molar-refractivity contribution is 6.31. The third kappa shape index (κ3) is 3.06. The molecule has 1 unspecified atom stereocenters. The molecule has 1 atom stereocenters. The molecule has 1 aromatic rings. The number of hydrogen-bond donors (Lipinski definition) is 0. The fourth-order valence-electron chi connectivity index (χ4n) is 1.99. The van der Waals surface area contributed by atoms with E-state index in [9.17, 15) is 4.79 Å². The Morgan fingerprint density at radius 1 is 1.44 bits per heavy atom. The quantitative estimate of drug-likeness (QED) is 0.806. The first-order chi connectivity index (χ1) is 7.75. The molecule has 0 bridgehead atoms. The van der Waals surface area contributed by atoms with E-state index in [1.165, 1.54) is 0 Å². The van der Waals surface area contributed by atoms with Gasteiger partial charge in [0.2, 0.25) is 0 Å². The molecule has 1 aromatic carbocycles. The van der Waals surface area contributed by atoms with Crippen LogP contribution in [-0.4, -0.2) is 19.0 Å². The number of rotatable bonds is 4. The monoisotopic (exact) mass is 238 g/mol. The molecule has 2 rings (SSSR count). The number of Topliss-reactive ketones (excluding diaryl/α,β-unsaturated/α-hetero) is 1. The van der Waals surface area contributed by atoms with Crippen molar-refractivity contribution in [3.8, 4) is 0 Å². The van der Waals surface area contributed by atoms with Crippen molar-refractivity contribution in [2.45, 2.75) is 19.3 Å². The Hall–Kier alpha value is -0.860. The highest BCUT2D eigenvalue weighted by Gasteiger charge is 2.19. The molecule has 1 aliphatic rings. The summed E-state index contributed by atoms with van der Waals surface area (Å²) in [5.74, 6) is 0.665. The van der Waals surface area contributed by atoms with Gasteiger partial charge in [0.25, 0.3) is 0 Å². The van der Waals surface area contributed by atoms with E-state index in [0.717, 1.165) is 25.2 Å². The van der Waals surface area contributed by atoms with E-state index in [4.69, 9.17) is 16.3 Å². The van der Waals surface area contributed by atoms with E-state index < -0.39 is 0 Å². The van der Waals surface area contributed by atoms with Crippen LogP contribution in [0.4, 0.5) is 0 Å². The van der Waals surface area contributed by atoms with E-state index in [1.54, 1.807) is 0 Å². The molecule has 0 spiro atoms. The van der Waals surface area contributed by atoms with Gasteiger partial charge in [-0.25, -0.2) is 0 Å². The maximum atomic E-state index is 11.8. The molecular formula is C13H15ClO2. The van der Waals surface area contributed by atoms with Crippen molar-refractivity contribution < 1.29 is 9.53 Å². The lowest BCUT2D eigenvalue weighted by Crippen LogP contribution is -2.10. The van der Waals surface area contributed by atoms with Gasteiger partial charge in [0.1, 0.15) is 5.78 Å². The molecule has 0 amide bonds. The predicted molar refractivity (Wildman–Crippen MR) is 63.7 cm³/mol. The molecule has 1 saturated heterocycles. The van der Waals surface area contributed by atoms with Gasteiger partial charge in [0.05, 0.1) is 0 Å². The summed E-state index contributed by atoms with van der Waals surface area (Å²) in [6, 6.07) is 7.52. The molecule has 1 aliphatic heterocycles. The number of ketones is 1. The third-order valence-electron chi connectivity index (χ3n) is 2.89. The van der Waals surface area contributed by atoms with Crippen LogP contribution in [-0.2, 0) is 16.0 Å². The Morgan fingerprint density at radius 3 is 2.94 bits per heavy atom. The number of benzene rings is 1. The number of hydrogen-bond acceptors (Lipinski definition) is 2. The molecule has 0 radical (unpaired) electrons. The Kier molecular flexibility index (Phi) is 3.97. The van der Waals surface area contributed by atoms with Gasteiger partial charge in [-0.05, 0) is 24.0 Å². The Morgan fingerprint density at radius 2 is 2.25 bits per heavy atom. The van der Waals surface area contributed by atoms with E-state index in [1.807, 2.05) is 24.3 Å². The number of carbonyl (C=O) groups is 1. The minimum Gasteiger partial charge on any atom is -0.381 e. The second-order valence-corrected chi connectivity index (χ2v) is 4.65. The van der Waals surface area contributed by atoms with Gasteiger partial charge >= 0.3 is 0 Å². The average Bonchev–Trinajstić information content (AvgIpc) is 2.74. The van der Waals surface area contributed by atoms with Crippen LogP contribution in [0.1, 0.15) is 18.4 Å². The zero-order chi connectivity index (χ0) is 11.4. The van der Waals surface area contributed by atoms with Gasteiger partial charge in [0.15, 0.2) is 0 Å². The van der Waals surface area contributed by atoms with Crippen molar-refractivity contribution in [2.75, 3.05) is 13.2 Å². The van der Waals surface area contributed by atoms with Crippen molar-refractivity contribution in [3.05, 3.63) is 34.9 Å². The largest absolute Gasteiger partial charge is 0.381 e. The summed E-state index contributed by atoms with van der Waals surface area (Å²) in [6.45, 7) is 1.53. The highest BCUT2D eigenvalue weighted by atomic mass is 35.5. The molecule has 0 saturated carbocycles. The van der Waals surface area contributed by atoms with E-state index in [0.29, 0.717) is 23.8 Å². The molecule has 0 N–H and O–H groups in total. The van der Waals surface area contributed by atoms with Crippen molar-refractivity contribution >= 4 is 17.4 Å². The normalized spacial score (nSPS) is 19.9. The van der Waals surface area contributed by atoms with E-state index in [2.05, 4.69) is 0 Å². The van der Waals surface area contributed by atoms with Crippen LogP contribution >= 0.6 is 11.6 Å². The van der Waals surface area contributed by atoms with Crippen LogP contribution in [0.5, 0.6) is 0 Å². The SMILES string of the molecule is O=C(Cc1ccccc1Cl)CC1CCOC1. The summed E-state index contributed by atoms with van der Waals surface area (Å²) in [5, 5.41) is 0.679. The molecule has 1 fully saturated rings. The molecule has 2 nitrogen and oxygen atoms in total. The average molecular weight is 239 g/mol.